The van der Waals surface area contributed by atoms with Crippen molar-refractivity contribution in [2.24, 2.45) is 5.92 Å². The minimum absolute atomic E-state index is 0.00410. The molecule has 1 saturated heterocycles. The monoisotopic (exact) mass is 399 g/mol. The number of carbonyl (C=O) groups excluding carboxylic acids is 2. The van der Waals surface area contributed by atoms with Crippen molar-refractivity contribution in [2.75, 3.05) is 29.6 Å². The van der Waals surface area contributed by atoms with Gasteiger partial charge in [-0.05, 0) is 36.8 Å². The minimum Gasteiger partial charge on any atom is -0.367 e. The predicted molar refractivity (Wildman–Crippen MR) is 111 cm³/mol. The van der Waals surface area contributed by atoms with Gasteiger partial charge in [0.05, 0.1) is 11.9 Å². The average Bonchev–Trinajstić information content (AvgIpc) is 2.72. The third-order valence-electron chi connectivity index (χ3n) is 4.82. The van der Waals surface area contributed by atoms with Gasteiger partial charge in [0.15, 0.2) is 5.82 Å². The second-order valence-electron chi connectivity index (χ2n) is 6.76. The third kappa shape index (κ3) is 5.22. The lowest BCUT2D eigenvalue weighted by Crippen LogP contribution is -2.40. The second kappa shape index (κ2) is 9.54. The molecule has 148 valence electrons. The van der Waals surface area contributed by atoms with Crippen molar-refractivity contribution < 1.29 is 9.59 Å². The van der Waals surface area contributed by atoms with E-state index in [1.165, 1.54) is 18.1 Å². The fourth-order valence-electron chi connectivity index (χ4n) is 3.28. The summed E-state index contributed by atoms with van der Waals surface area (Å²) in [6.07, 6.45) is 6.68. The van der Waals surface area contributed by atoms with E-state index >= 15 is 0 Å². The van der Waals surface area contributed by atoms with E-state index in [-0.39, 0.29) is 17.7 Å². The number of benzene rings is 1. The zero-order valence-electron chi connectivity index (χ0n) is 16.1. The van der Waals surface area contributed by atoms with Crippen LogP contribution in [0.2, 0.25) is 0 Å². The quantitative estimate of drug-likeness (QED) is 0.726. The van der Waals surface area contributed by atoms with Crippen molar-refractivity contribution in [1.29, 1.82) is 0 Å². The van der Waals surface area contributed by atoms with Crippen LogP contribution in [0.3, 0.4) is 0 Å². The molecule has 2 amide bonds. The van der Waals surface area contributed by atoms with E-state index < -0.39 is 0 Å². The molecular formula is C20H25N5O2S. The van der Waals surface area contributed by atoms with Gasteiger partial charge in [-0.15, -0.1) is 11.8 Å². The first-order chi connectivity index (χ1) is 13.6. The van der Waals surface area contributed by atoms with Crippen LogP contribution in [0.5, 0.6) is 0 Å². The predicted octanol–water partition coefficient (Wildman–Crippen LogP) is 2.69. The van der Waals surface area contributed by atoms with Crippen LogP contribution < -0.4 is 15.5 Å². The maximum atomic E-state index is 12.5. The van der Waals surface area contributed by atoms with E-state index in [1.807, 2.05) is 18.4 Å². The standard InChI is InChI=1S/C20H25N5O2S/c1-14(26)24-19-18(12-21-13-23-19)25-9-7-16(8-10-25)20(27)22-11-15-3-5-17(28-2)6-4-15/h3-6,12-13,16H,7-11H2,1-2H3,(H,22,27)(H,21,23,24,26). The van der Waals surface area contributed by atoms with Crippen LogP contribution in [0.25, 0.3) is 0 Å². The molecule has 0 aliphatic carbocycles. The molecular weight excluding hydrogens is 374 g/mol. The molecule has 2 heterocycles. The van der Waals surface area contributed by atoms with Crippen LogP contribution in [0.15, 0.2) is 41.7 Å². The Morgan fingerprint density at radius 2 is 1.93 bits per heavy atom. The van der Waals surface area contributed by atoms with Crippen molar-refractivity contribution >= 4 is 35.1 Å². The molecule has 3 rings (SSSR count). The molecule has 1 aliphatic rings. The first-order valence-electron chi connectivity index (χ1n) is 9.30. The molecule has 2 aromatic rings. The van der Waals surface area contributed by atoms with Gasteiger partial charge in [-0.25, -0.2) is 9.97 Å². The van der Waals surface area contributed by atoms with Crippen LogP contribution >= 0.6 is 11.8 Å². The normalized spacial score (nSPS) is 14.6. The summed E-state index contributed by atoms with van der Waals surface area (Å²) in [5, 5.41) is 5.79. The fourth-order valence-corrected chi connectivity index (χ4v) is 3.68. The second-order valence-corrected chi connectivity index (χ2v) is 7.64. The molecule has 0 saturated carbocycles. The van der Waals surface area contributed by atoms with E-state index in [4.69, 9.17) is 0 Å². The molecule has 2 N–H and O–H groups in total. The number of hydrogen-bond donors (Lipinski definition) is 2. The zero-order chi connectivity index (χ0) is 19.9. The van der Waals surface area contributed by atoms with E-state index in [1.54, 1.807) is 18.0 Å². The maximum absolute atomic E-state index is 12.5. The van der Waals surface area contributed by atoms with Gasteiger partial charge >= 0.3 is 0 Å². The third-order valence-corrected chi connectivity index (χ3v) is 5.56. The summed E-state index contributed by atoms with van der Waals surface area (Å²) < 4.78 is 0. The number of aromatic nitrogens is 2. The zero-order valence-corrected chi connectivity index (χ0v) is 17.0. The molecule has 1 aromatic carbocycles. The van der Waals surface area contributed by atoms with Crippen molar-refractivity contribution in [3.8, 4) is 0 Å². The van der Waals surface area contributed by atoms with Crippen molar-refractivity contribution in [3.63, 3.8) is 0 Å². The Kier molecular flexibility index (Phi) is 6.86. The largest absolute Gasteiger partial charge is 0.367 e. The summed E-state index contributed by atoms with van der Waals surface area (Å²) in [7, 11) is 0. The molecule has 0 radical (unpaired) electrons. The lowest BCUT2D eigenvalue weighted by atomic mass is 9.95. The van der Waals surface area contributed by atoms with Crippen LogP contribution in [-0.4, -0.2) is 41.1 Å². The Bertz CT molecular complexity index is 820. The van der Waals surface area contributed by atoms with E-state index in [9.17, 15) is 9.59 Å². The Balaban J connectivity index is 1.52. The first kappa shape index (κ1) is 20.1. The number of nitrogens with zero attached hydrogens (tertiary/aromatic N) is 3. The Labute approximate surface area is 169 Å². The van der Waals surface area contributed by atoms with E-state index in [0.29, 0.717) is 12.4 Å². The van der Waals surface area contributed by atoms with Crippen LogP contribution in [0, 0.1) is 5.92 Å². The summed E-state index contributed by atoms with van der Waals surface area (Å²) in [6.45, 7) is 3.45. The number of piperidine rings is 1. The first-order valence-corrected chi connectivity index (χ1v) is 10.5. The van der Waals surface area contributed by atoms with Gasteiger partial charge < -0.3 is 15.5 Å². The van der Waals surface area contributed by atoms with Gasteiger partial charge in [-0.3, -0.25) is 9.59 Å². The number of carbonyl (C=O) groups is 2. The molecule has 1 aromatic heterocycles. The molecule has 8 heteroatoms. The van der Waals surface area contributed by atoms with Gasteiger partial charge in [-0.2, -0.15) is 0 Å². The number of hydrogen-bond acceptors (Lipinski definition) is 6. The van der Waals surface area contributed by atoms with E-state index in [2.05, 4.69) is 37.6 Å². The average molecular weight is 400 g/mol. The highest BCUT2D eigenvalue weighted by atomic mass is 32.2. The summed E-state index contributed by atoms with van der Waals surface area (Å²) in [5.41, 5.74) is 1.90. The molecule has 0 atom stereocenters. The number of nitrogens with one attached hydrogen (secondary N) is 2. The SMILES string of the molecule is CSc1ccc(CNC(=O)C2CCN(c3cncnc3NC(C)=O)CC2)cc1. The molecule has 0 spiro atoms. The van der Waals surface area contributed by atoms with Crippen molar-refractivity contribution in [3.05, 3.63) is 42.4 Å². The molecule has 1 fully saturated rings. The summed E-state index contributed by atoms with van der Waals surface area (Å²) >= 11 is 1.70. The van der Waals surface area contributed by atoms with Gasteiger partial charge in [0, 0.05) is 37.4 Å². The van der Waals surface area contributed by atoms with Crippen molar-refractivity contribution in [2.45, 2.75) is 31.2 Å². The van der Waals surface area contributed by atoms with Gasteiger partial charge in [0.25, 0.3) is 0 Å². The Hall–Kier alpha value is -2.61. The topological polar surface area (TPSA) is 87.2 Å². The summed E-state index contributed by atoms with van der Waals surface area (Å²) in [4.78, 5) is 35.5. The highest BCUT2D eigenvalue weighted by Crippen LogP contribution is 2.27. The maximum Gasteiger partial charge on any atom is 0.223 e. The number of amides is 2. The lowest BCUT2D eigenvalue weighted by molar-refractivity contribution is -0.125. The summed E-state index contributed by atoms with van der Waals surface area (Å²) in [6, 6.07) is 8.24. The molecule has 28 heavy (non-hydrogen) atoms. The minimum atomic E-state index is -0.167. The molecule has 1 aliphatic heterocycles. The van der Waals surface area contributed by atoms with Gasteiger partial charge in [0.2, 0.25) is 11.8 Å². The van der Waals surface area contributed by atoms with Crippen LogP contribution in [0.4, 0.5) is 11.5 Å². The van der Waals surface area contributed by atoms with Crippen LogP contribution in [0.1, 0.15) is 25.3 Å². The van der Waals surface area contributed by atoms with Gasteiger partial charge in [0.1, 0.15) is 6.33 Å². The van der Waals surface area contributed by atoms with Gasteiger partial charge in [-0.1, -0.05) is 12.1 Å². The van der Waals surface area contributed by atoms with Crippen molar-refractivity contribution in [1.82, 2.24) is 15.3 Å². The Morgan fingerprint density at radius 3 is 2.57 bits per heavy atom. The highest BCUT2D eigenvalue weighted by molar-refractivity contribution is 7.98. The molecule has 0 unspecified atom stereocenters. The molecule has 0 bridgehead atoms. The number of rotatable bonds is 6. The summed E-state index contributed by atoms with van der Waals surface area (Å²) in [5.74, 6) is 0.439. The van der Waals surface area contributed by atoms with Crippen LogP contribution in [-0.2, 0) is 16.1 Å². The highest BCUT2D eigenvalue weighted by Gasteiger charge is 2.26. The fraction of sp³-hybridized carbons (Fsp3) is 0.400. The number of anilines is 2. The lowest BCUT2D eigenvalue weighted by Gasteiger charge is -2.33. The smallest absolute Gasteiger partial charge is 0.223 e. The molecule has 7 nitrogen and oxygen atoms in total. The number of thioether (sulfide) groups is 1. The Morgan fingerprint density at radius 1 is 1.21 bits per heavy atom. The van der Waals surface area contributed by atoms with E-state index in [0.717, 1.165) is 37.2 Å².